The van der Waals surface area contributed by atoms with Gasteiger partial charge in [-0.1, -0.05) is 32.5 Å². The van der Waals surface area contributed by atoms with Gasteiger partial charge in [-0.2, -0.15) is 0 Å². The van der Waals surface area contributed by atoms with Gasteiger partial charge in [0, 0.05) is 25.7 Å². The van der Waals surface area contributed by atoms with Crippen molar-refractivity contribution in [2.45, 2.75) is 45.8 Å². The van der Waals surface area contributed by atoms with E-state index < -0.39 is 0 Å². The highest BCUT2D eigenvalue weighted by Gasteiger charge is 2.25. The summed E-state index contributed by atoms with van der Waals surface area (Å²) in [6.45, 7) is 11.9. The Labute approximate surface area is 121 Å². The average molecular weight is 282 g/mol. The van der Waals surface area contributed by atoms with Crippen molar-refractivity contribution in [3.05, 3.63) is 6.07 Å². The molecule has 0 aliphatic carbocycles. The molecule has 19 heavy (non-hydrogen) atoms. The van der Waals surface area contributed by atoms with Crippen LogP contribution in [0.3, 0.4) is 0 Å². The van der Waals surface area contributed by atoms with E-state index in [2.05, 4.69) is 61.9 Å². The van der Waals surface area contributed by atoms with Crippen LogP contribution in [0.4, 0.5) is 11.6 Å². The van der Waals surface area contributed by atoms with E-state index in [1.165, 1.54) is 0 Å². The molecule has 0 aliphatic heterocycles. The molecule has 0 aliphatic rings. The van der Waals surface area contributed by atoms with Crippen molar-refractivity contribution < 1.29 is 0 Å². The molecule has 0 saturated carbocycles. The number of nitrogens with zero attached hydrogens (tertiary/aromatic N) is 3. The van der Waals surface area contributed by atoms with Gasteiger partial charge in [-0.05, 0) is 25.5 Å². The summed E-state index contributed by atoms with van der Waals surface area (Å²) >= 11 is 1.57. The largest absolute Gasteiger partial charge is 0.370 e. The topological polar surface area (TPSA) is 41.0 Å². The van der Waals surface area contributed by atoms with Crippen LogP contribution < -0.4 is 10.2 Å². The molecule has 0 bridgehead atoms. The van der Waals surface area contributed by atoms with Crippen LogP contribution in [0, 0.1) is 5.41 Å². The second-order valence-corrected chi connectivity index (χ2v) is 6.55. The van der Waals surface area contributed by atoms with Gasteiger partial charge in [0.15, 0.2) is 5.16 Å². The fraction of sp³-hybridized carbons (Fsp3) is 0.714. The Balaban J connectivity index is 3.07. The second-order valence-electron chi connectivity index (χ2n) is 5.78. The minimum atomic E-state index is 0.206. The van der Waals surface area contributed by atoms with Gasteiger partial charge in [-0.15, -0.1) is 0 Å². The Bertz CT molecular complexity index is 414. The second kappa shape index (κ2) is 6.46. The highest BCUT2D eigenvalue weighted by Crippen LogP contribution is 2.28. The highest BCUT2D eigenvalue weighted by molar-refractivity contribution is 7.98. The lowest BCUT2D eigenvalue weighted by molar-refractivity contribution is 0.328. The van der Waals surface area contributed by atoms with Gasteiger partial charge in [0.05, 0.1) is 0 Å². The summed E-state index contributed by atoms with van der Waals surface area (Å²) in [5, 5.41) is 4.07. The van der Waals surface area contributed by atoms with Crippen molar-refractivity contribution in [1.82, 2.24) is 9.97 Å². The zero-order valence-electron chi connectivity index (χ0n) is 13.1. The van der Waals surface area contributed by atoms with Gasteiger partial charge in [-0.25, -0.2) is 9.97 Å². The molecular weight excluding hydrogens is 256 g/mol. The first-order valence-electron chi connectivity index (χ1n) is 6.69. The number of nitrogens with one attached hydrogen (secondary N) is 1. The quantitative estimate of drug-likeness (QED) is 0.661. The summed E-state index contributed by atoms with van der Waals surface area (Å²) in [4.78, 5) is 11.3. The van der Waals surface area contributed by atoms with E-state index in [-0.39, 0.29) is 5.41 Å². The third-order valence-corrected chi connectivity index (χ3v) is 3.98. The molecule has 1 rings (SSSR count). The number of anilines is 2. The number of thioether (sulfide) groups is 1. The zero-order chi connectivity index (χ0) is 14.6. The van der Waals surface area contributed by atoms with Crippen LogP contribution in [0.25, 0.3) is 0 Å². The van der Waals surface area contributed by atoms with Gasteiger partial charge in [0.1, 0.15) is 11.6 Å². The van der Waals surface area contributed by atoms with Gasteiger partial charge in [-0.3, -0.25) is 0 Å². The van der Waals surface area contributed by atoms with E-state index >= 15 is 0 Å². The predicted octanol–water partition coefficient (Wildman–Crippen LogP) is 3.50. The molecule has 0 spiro atoms. The highest BCUT2D eigenvalue weighted by atomic mass is 32.2. The summed E-state index contributed by atoms with van der Waals surface area (Å²) < 4.78 is 0. The fourth-order valence-corrected chi connectivity index (χ4v) is 2.11. The number of rotatable bonds is 5. The smallest absolute Gasteiger partial charge is 0.191 e. The van der Waals surface area contributed by atoms with Crippen LogP contribution in [0.15, 0.2) is 11.2 Å². The molecular formula is C14H26N4S. The van der Waals surface area contributed by atoms with Crippen LogP contribution in [-0.2, 0) is 0 Å². The van der Waals surface area contributed by atoms with Gasteiger partial charge in [0.25, 0.3) is 0 Å². The van der Waals surface area contributed by atoms with E-state index in [0.29, 0.717) is 6.04 Å². The molecule has 1 unspecified atom stereocenters. The first-order valence-corrected chi connectivity index (χ1v) is 7.91. The van der Waals surface area contributed by atoms with Crippen molar-refractivity contribution in [3.8, 4) is 0 Å². The van der Waals surface area contributed by atoms with Crippen LogP contribution in [0.2, 0.25) is 0 Å². The number of aromatic nitrogens is 2. The predicted molar refractivity (Wildman–Crippen MR) is 85.3 cm³/mol. The van der Waals surface area contributed by atoms with E-state index in [1.807, 2.05) is 12.3 Å². The Morgan fingerprint density at radius 1 is 1.37 bits per heavy atom. The molecule has 0 saturated heterocycles. The van der Waals surface area contributed by atoms with Crippen molar-refractivity contribution in [3.63, 3.8) is 0 Å². The summed E-state index contributed by atoms with van der Waals surface area (Å²) in [6.07, 6.45) is 2.00. The van der Waals surface area contributed by atoms with Crippen molar-refractivity contribution >= 4 is 23.4 Å². The third kappa shape index (κ3) is 4.27. The Morgan fingerprint density at radius 3 is 2.47 bits per heavy atom. The number of hydrogen-bond donors (Lipinski definition) is 1. The lowest BCUT2D eigenvalue weighted by Gasteiger charge is -2.36. The zero-order valence-corrected chi connectivity index (χ0v) is 13.9. The van der Waals surface area contributed by atoms with Crippen molar-refractivity contribution in [2.75, 3.05) is 30.1 Å². The van der Waals surface area contributed by atoms with E-state index in [9.17, 15) is 0 Å². The maximum Gasteiger partial charge on any atom is 0.191 e. The summed E-state index contributed by atoms with van der Waals surface area (Å²) in [5.41, 5.74) is 0.206. The van der Waals surface area contributed by atoms with Crippen LogP contribution in [0.1, 0.15) is 34.6 Å². The molecule has 108 valence electrons. The minimum absolute atomic E-state index is 0.206. The van der Waals surface area contributed by atoms with Gasteiger partial charge >= 0.3 is 0 Å². The van der Waals surface area contributed by atoms with Crippen molar-refractivity contribution in [2.24, 2.45) is 5.41 Å². The standard InChI is InChI=1S/C14H26N4S/c1-8-15-11-9-12(17-13(16-11)19-7)18(6)10(2)14(3,4)5/h9-10H,8H2,1-7H3,(H,15,16,17). The first kappa shape index (κ1) is 16.1. The monoisotopic (exact) mass is 282 g/mol. The SMILES string of the molecule is CCNc1cc(N(C)C(C)C(C)(C)C)nc(SC)n1. The Morgan fingerprint density at radius 2 is 2.00 bits per heavy atom. The van der Waals surface area contributed by atoms with E-state index in [0.717, 1.165) is 23.3 Å². The van der Waals surface area contributed by atoms with E-state index in [4.69, 9.17) is 0 Å². The lowest BCUT2D eigenvalue weighted by atomic mass is 9.87. The lowest BCUT2D eigenvalue weighted by Crippen LogP contribution is -2.39. The van der Waals surface area contributed by atoms with Crippen LogP contribution in [0.5, 0.6) is 0 Å². The van der Waals surface area contributed by atoms with Gasteiger partial charge < -0.3 is 10.2 Å². The van der Waals surface area contributed by atoms with E-state index in [1.54, 1.807) is 11.8 Å². The third-order valence-electron chi connectivity index (χ3n) is 3.43. The summed E-state index contributed by atoms with van der Waals surface area (Å²) in [7, 11) is 2.10. The van der Waals surface area contributed by atoms with Gasteiger partial charge in [0.2, 0.25) is 0 Å². The Hall–Kier alpha value is -0.970. The molecule has 0 radical (unpaired) electrons. The molecule has 0 aromatic carbocycles. The number of hydrogen-bond acceptors (Lipinski definition) is 5. The molecule has 1 heterocycles. The van der Waals surface area contributed by atoms with Crippen molar-refractivity contribution in [1.29, 1.82) is 0 Å². The molecule has 1 aromatic heterocycles. The first-order chi connectivity index (χ1) is 8.79. The molecule has 1 aromatic rings. The molecule has 5 heteroatoms. The maximum absolute atomic E-state index is 4.61. The average Bonchev–Trinajstić information content (AvgIpc) is 2.35. The maximum atomic E-state index is 4.61. The minimum Gasteiger partial charge on any atom is -0.370 e. The molecule has 4 nitrogen and oxygen atoms in total. The molecule has 0 fully saturated rings. The Kier molecular flexibility index (Phi) is 5.47. The molecule has 0 amide bonds. The van der Waals surface area contributed by atoms with Crippen LogP contribution in [-0.4, -0.2) is 35.9 Å². The summed E-state index contributed by atoms with van der Waals surface area (Å²) in [6, 6.07) is 2.41. The summed E-state index contributed by atoms with van der Waals surface area (Å²) in [5.74, 6) is 1.86. The van der Waals surface area contributed by atoms with Crippen LogP contribution >= 0.6 is 11.8 Å². The molecule has 1 atom stereocenters. The molecule has 1 N–H and O–H groups in total. The fourth-order valence-electron chi connectivity index (χ4n) is 1.74. The normalized spacial score (nSPS) is 13.2.